The summed E-state index contributed by atoms with van der Waals surface area (Å²) in [5.74, 6) is 0.0163. The van der Waals surface area contributed by atoms with Gasteiger partial charge in [-0.25, -0.2) is 9.78 Å². The summed E-state index contributed by atoms with van der Waals surface area (Å²) in [4.78, 5) is 15.9. The largest absolute Gasteiger partial charge is 0.477 e. The van der Waals surface area contributed by atoms with E-state index in [9.17, 15) is 4.79 Å². The number of hydrogen-bond donors (Lipinski definition) is 1. The lowest BCUT2D eigenvalue weighted by atomic mass is 10.2. The van der Waals surface area contributed by atoms with E-state index in [1.165, 1.54) is 11.3 Å². The van der Waals surface area contributed by atoms with Gasteiger partial charge >= 0.3 is 5.97 Å². The van der Waals surface area contributed by atoms with Crippen molar-refractivity contribution in [2.75, 3.05) is 0 Å². The van der Waals surface area contributed by atoms with Crippen LogP contribution < -0.4 is 0 Å². The van der Waals surface area contributed by atoms with E-state index in [1.54, 1.807) is 12.3 Å². The molecular weight excluding hydrogens is 306 g/mol. The number of rotatable bonds is 3. The minimum atomic E-state index is -0.904. The average Bonchev–Trinajstić information content (AvgIpc) is 2.88. The maximum atomic E-state index is 11.1. The molecule has 2 heterocycles. The molecule has 0 radical (unpaired) electrons. The number of halogens is 1. The molecule has 1 aliphatic rings. The molecule has 0 spiro atoms. The Labute approximate surface area is 109 Å². The van der Waals surface area contributed by atoms with Gasteiger partial charge in [-0.05, 0) is 34.8 Å². The summed E-state index contributed by atoms with van der Waals surface area (Å²) in [5.41, 5.74) is 0.709. The summed E-state index contributed by atoms with van der Waals surface area (Å²) < 4.78 is 6.10. The summed E-state index contributed by atoms with van der Waals surface area (Å²) >= 11 is 4.53. The van der Waals surface area contributed by atoms with Crippen molar-refractivity contribution in [2.45, 2.75) is 18.8 Å². The molecule has 2 aromatic heterocycles. The van der Waals surface area contributed by atoms with Crippen molar-refractivity contribution in [1.29, 1.82) is 0 Å². The Morgan fingerprint density at radius 2 is 2.35 bits per heavy atom. The summed E-state index contributed by atoms with van der Waals surface area (Å²) in [6, 6.07) is 1.77. The van der Waals surface area contributed by atoms with Crippen LogP contribution in [0.15, 0.2) is 21.2 Å². The molecule has 6 heteroatoms. The summed E-state index contributed by atoms with van der Waals surface area (Å²) in [7, 11) is 0. The Bertz CT molecular complexity index is 585. The van der Waals surface area contributed by atoms with Crippen LogP contribution in [0.25, 0.3) is 10.8 Å². The molecule has 0 amide bonds. The van der Waals surface area contributed by atoms with Crippen LogP contribution in [0.2, 0.25) is 0 Å². The number of furan rings is 1. The van der Waals surface area contributed by atoms with Crippen LogP contribution in [0.1, 0.15) is 34.1 Å². The van der Waals surface area contributed by atoms with E-state index < -0.39 is 5.97 Å². The van der Waals surface area contributed by atoms with Crippen LogP contribution in [0.3, 0.4) is 0 Å². The zero-order valence-electron chi connectivity index (χ0n) is 8.64. The van der Waals surface area contributed by atoms with Gasteiger partial charge in [0.05, 0.1) is 16.4 Å². The number of hydrogen-bond acceptors (Lipinski definition) is 4. The minimum absolute atomic E-state index is 0.319. The Hall–Kier alpha value is -1.14. The summed E-state index contributed by atoms with van der Waals surface area (Å²) in [5, 5.41) is 9.78. The van der Waals surface area contributed by atoms with E-state index in [0.29, 0.717) is 27.3 Å². The number of thiazole rings is 1. The Balaban J connectivity index is 2.10. The van der Waals surface area contributed by atoms with Gasteiger partial charge in [-0.1, -0.05) is 0 Å². The molecule has 0 saturated heterocycles. The van der Waals surface area contributed by atoms with Crippen molar-refractivity contribution in [3.63, 3.8) is 0 Å². The molecule has 2 aromatic rings. The first-order valence-electron chi connectivity index (χ1n) is 5.14. The van der Waals surface area contributed by atoms with Crippen molar-refractivity contribution in [3.8, 4) is 10.8 Å². The third-order valence-electron chi connectivity index (χ3n) is 2.62. The van der Waals surface area contributed by atoms with E-state index >= 15 is 0 Å². The highest BCUT2D eigenvalue weighted by Gasteiger charge is 2.32. The maximum Gasteiger partial charge on any atom is 0.347 e. The third-order valence-corrected chi connectivity index (χ3v) is 4.31. The van der Waals surface area contributed by atoms with Crippen LogP contribution in [-0.2, 0) is 0 Å². The molecule has 0 aliphatic heterocycles. The van der Waals surface area contributed by atoms with Crippen LogP contribution in [0.4, 0.5) is 0 Å². The second kappa shape index (κ2) is 3.96. The van der Waals surface area contributed by atoms with E-state index in [2.05, 4.69) is 20.9 Å². The average molecular weight is 314 g/mol. The van der Waals surface area contributed by atoms with Gasteiger partial charge < -0.3 is 9.52 Å². The second-order valence-corrected chi connectivity index (χ2v) is 5.76. The highest BCUT2D eigenvalue weighted by Crippen LogP contribution is 2.45. The first-order chi connectivity index (χ1) is 8.16. The standard InChI is InChI=1S/C11H8BrNO3S/c12-6-3-4-16-8(6)10-13-7(5-1-2-5)9(17-10)11(14)15/h3-5H,1-2H2,(H,14,15). The highest BCUT2D eigenvalue weighted by atomic mass is 79.9. The smallest absolute Gasteiger partial charge is 0.347 e. The molecule has 1 fully saturated rings. The Morgan fingerprint density at radius 3 is 2.88 bits per heavy atom. The molecule has 3 rings (SSSR count). The number of carbonyl (C=O) groups is 1. The van der Waals surface area contributed by atoms with Crippen molar-refractivity contribution in [1.82, 2.24) is 4.98 Å². The van der Waals surface area contributed by atoms with Crippen molar-refractivity contribution < 1.29 is 14.3 Å². The van der Waals surface area contributed by atoms with Crippen LogP contribution in [0.5, 0.6) is 0 Å². The molecule has 0 unspecified atom stereocenters. The van der Waals surface area contributed by atoms with Gasteiger partial charge in [0.2, 0.25) is 0 Å². The van der Waals surface area contributed by atoms with Gasteiger partial charge in [0.1, 0.15) is 4.88 Å². The van der Waals surface area contributed by atoms with Gasteiger partial charge in [-0.15, -0.1) is 11.3 Å². The lowest BCUT2D eigenvalue weighted by Gasteiger charge is -1.91. The van der Waals surface area contributed by atoms with Gasteiger partial charge in [0.25, 0.3) is 0 Å². The SMILES string of the molecule is O=C(O)c1sc(-c2occc2Br)nc1C1CC1. The van der Waals surface area contributed by atoms with Gasteiger partial charge in [0, 0.05) is 5.92 Å². The fourth-order valence-electron chi connectivity index (χ4n) is 1.66. The summed E-state index contributed by atoms with van der Waals surface area (Å²) in [6.07, 6.45) is 3.61. The van der Waals surface area contributed by atoms with Crippen molar-refractivity contribution in [3.05, 3.63) is 27.4 Å². The zero-order valence-corrected chi connectivity index (χ0v) is 11.0. The third kappa shape index (κ3) is 1.91. The molecule has 1 saturated carbocycles. The molecule has 4 nitrogen and oxygen atoms in total. The van der Waals surface area contributed by atoms with Gasteiger partial charge in [-0.3, -0.25) is 0 Å². The van der Waals surface area contributed by atoms with E-state index in [4.69, 9.17) is 9.52 Å². The molecule has 0 bridgehead atoms. The van der Waals surface area contributed by atoms with Crippen molar-refractivity contribution >= 4 is 33.2 Å². The van der Waals surface area contributed by atoms with Crippen molar-refractivity contribution in [2.24, 2.45) is 0 Å². The predicted molar refractivity (Wildman–Crippen MR) is 66.5 cm³/mol. The maximum absolute atomic E-state index is 11.1. The monoisotopic (exact) mass is 313 g/mol. The molecule has 1 aliphatic carbocycles. The first kappa shape index (κ1) is 11.0. The number of carboxylic acids is 1. The highest BCUT2D eigenvalue weighted by molar-refractivity contribution is 9.10. The van der Waals surface area contributed by atoms with Crippen LogP contribution in [-0.4, -0.2) is 16.1 Å². The molecular formula is C11H8BrNO3S. The van der Waals surface area contributed by atoms with Crippen LogP contribution >= 0.6 is 27.3 Å². The van der Waals surface area contributed by atoms with Gasteiger partial charge in [0.15, 0.2) is 10.8 Å². The molecule has 1 N–H and O–H groups in total. The molecule has 0 aromatic carbocycles. The van der Waals surface area contributed by atoms with Gasteiger partial charge in [-0.2, -0.15) is 0 Å². The number of aromatic nitrogens is 1. The number of nitrogens with zero attached hydrogens (tertiary/aromatic N) is 1. The fraction of sp³-hybridized carbons (Fsp3) is 0.273. The lowest BCUT2D eigenvalue weighted by molar-refractivity contribution is 0.0700. The first-order valence-corrected chi connectivity index (χ1v) is 6.75. The molecule has 17 heavy (non-hydrogen) atoms. The number of aromatic carboxylic acids is 1. The molecule has 88 valence electrons. The zero-order chi connectivity index (χ0) is 12.0. The van der Waals surface area contributed by atoms with E-state index in [1.807, 2.05) is 0 Å². The second-order valence-electron chi connectivity index (χ2n) is 3.91. The minimum Gasteiger partial charge on any atom is -0.477 e. The topological polar surface area (TPSA) is 63.3 Å². The van der Waals surface area contributed by atoms with E-state index in [-0.39, 0.29) is 0 Å². The number of carboxylic acid groups (broad SMARTS) is 1. The van der Waals surface area contributed by atoms with E-state index in [0.717, 1.165) is 17.3 Å². The fourth-order valence-corrected chi connectivity index (χ4v) is 3.17. The predicted octanol–water partition coefficient (Wildman–Crippen LogP) is 3.74. The summed E-state index contributed by atoms with van der Waals surface area (Å²) in [6.45, 7) is 0. The normalized spacial score (nSPS) is 15.1. The quantitative estimate of drug-likeness (QED) is 0.937. The molecule has 0 atom stereocenters. The Morgan fingerprint density at radius 1 is 1.59 bits per heavy atom. The Kier molecular flexibility index (Phi) is 2.56. The lowest BCUT2D eigenvalue weighted by Crippen LogP contribution is -1.97. The van der Waals surface area contributed by atoms with Crippen LogP contribution in [0, 0.1) is 0 Å².